The van der Waals surface area contributed by atoms with Crippen molar-refractivity contribution in [2.45, 2.75) is 25.1 Å². The van der Waals surface area contributed by atoms with Gasteiger partial charge in [-0.15, -0.1) is 10.2 Å². The Labute approximate surface area is 152 Å². The van der Waals surface area contributed by atoms with Crippen molar-refractivity contribution < 1.29 is 14.5 Å². The van der Waals surface area contributed by atoms with Crippen molar-refractivity contribution in [2.24, 2.45) is 5.41 Å². The molecule has 0 spiro atoms. The van der Waals surface area contributed by atoms with E-state index in [1.165, 1.54) is 47.4 Å². The Morgan fingerprint density at radius 2 is 1.88 bits per heavy atom. The van der Waals surface area contributed by atoms with Crippen molar-refractivity contribution >= 4 is 45.6 Å². The number of hydrogen-bond acceptors (Lipinski definition) is 8. The monoisotopic (exact) mass is 380 g/mol. The molecule has 10 heteroatoms. The summed E-state index contributed by atoms with van der Waals surface area (Å²) in [7, 11) is 0. The molecule has 132 valence electrons. The van der Waals surface area contributed by atoms with E-state index in [4.69, 9.17) is 0 Å². The van der Waals surface area contributed by atoms with Crippen LogP contribution in [0.1, 0.15) is 31.1 Å². The standard InChI is InChI=1S/C15H16N4O4S2/c1-15(2,3)12(21)16-13-17-18-14(25-13)24-8-11(20)9-4-6-10(7-5-9)19(22)23/h4-7H,8H2,1-3H3,(H,16,17,21). The van der Waals surface area contributed by atoms with Crippen molar-refractivity contribution in [3.63, 3.8) is 0 Å². The summed E-state index contributed by atoms with van der Waals surface area (Å²) in [6.07, 6.45) is 0. The fourth-order valence-electron chi connectivity index (χ4n) is 1.58. The molecule has 0 aliphatic carbocycles. The third-order valence-electron chi connectivity index (χ3n) is 3.03. The first-order valence-corrected chi connectivity index (χ1v) is 9.02. The molecule has 0 saturated heterocycles. The van der Waals surface area contributed by atoms with Gasteiger partial charge in [0.05, 0.1) is 10.7 Å². The molecule has 0 aliphatic rings. The SMILES string of the molecule is CC(C)(C)C(=O)Nc1nnc(SCC(=O)c2ccc([N+](=O)[O-])cc2)s1. The number of nitro groups is 1. The molecule has 25 heavy (non-hydrogen) atoms. The highest BCUT2D eigenvalue weighted by atomic mass is 32.2. The molecule has 0 radical (unpaired) electrons. The van der Waals surface area contributed by atoms with Crippen LogP contribution < -0.4 is 5.32 Å². The Balaban J connectivity index is 1.92. The second kappa shape index (κ2) is 7.70. The van der Waals surface area contributed by atoms with Crippen LogP contribution in [0.5, 0.6) is 0 Å². The summed E-state index contributed by atoms with van der Waals surface area (Å²) in [5.74, 6) is -0.211. The molecule has 0 atom stereocenters. The van der Waals surface area contributed by atoms with E-state index in [1.54, 1.807) is 20.8 Å². The highest BCUT2D eigenvalue weighted by Crippen LogP contribution is 2.27. The maximum absolute atomic E-state index is 12.1. The molecular formula is C15H16N4O4S2. The van der Waals surface area contributed by atoms with Crippen molar-refractivity contribution in [3.05, 3.63) is 39.9 Å². The van der Waals surface area contributed by atoms with Crippen molar-refractivity contribution in [1.29, 1.82) is 0 Å². The predicted molar refractivity (Wildman–Crippen MR) is 96.1 cm³/mol. The third kappa shape index (κ3) is 5.33. The molecule has 0 saturated carbocycles. The van der Waals surface area contributed by atoms with Gasteiger partial charge in [-0.25, -0.2) is 0 Å². The van der Waals surface area contributed by atoms with E-state index in [0.717, 1.165) is 0 Å². The van der Waals surface area contributed by atoms with E-state index >= 15 is 0 Å². The van der Waals surface area contributed by atoms with Crippen LogP contribution in [-0.4, -0.2) is 32.6 Å². The van der Waals surface area contributed by atoms with Gasteiger partial charge in [0.1, 0.15) is 0 Å². The Morgan fingerprint density at radius 3 is 2.44 bits per heavy atom. The van der Waals surface area contributed by atoms with E-state index in [-0.39, 0.29) is 23.1 Å². The number of amides is 1. The number of aromatic nitrogens is 2. The van der Waals surface area contributed by atoms with Gasteiger partial charge in [-0.05, 0) is 12.1 Å². The summed E-state index contributed by atoms with van der Waals surface area (Å²) in [6, 6.07) is 5.44. The molecule has 2 rings (SSSR count). The second-order valence-electron chi connectivity index (χ2n) is 6.09. The van der Waals surface area contributed by atoms with Gasteiger partial charge in [0.15, 0.2) is 10.1 Å². The number of non-ortho nitro benzene ring substituents is 1. The Bertz CT molecular complexity index is 797. The van der Waals surface area contributed by atoms with E-state index in [9.17, 15) is 19.7 Å². The number of Topliss-reactive ketones (excluding diaryl/α,β-unsaturated/α-hetero) is 1. The summed E-state index contributed by atoms with van der Waals surface area (Å²) in [4.78, 5) is 34.1. The number of nitrogens with one attached hydrogen (secondary N) is 1. The molecule has 2 aromatic rings. The van der Waals surface area contributed by atoms with Crippen LogP contribution in [-0.2, 0) is 4.79 Å². The van der Waals surface area contributed by atoms with Crippen LogP contribution >= 0.6 is 23.1 Å². The number of anilines is 1. The largest absolute Gasteiger partial charge is 0.300 e. The zero-order valence-corrected chi connectivity index (χ0v) is 15.4. The average Bonchev–Trinajstić information content (AvgIpc) is 2.99. The number of thioether (sulfide) groups is 1. The lowest BCUT2D eigenvalue weighted by molar-refractivity contribution is -0.384. The summed E-state index contributed by atoms with van der Waals surface area (Å²) in [6.45, 7) is 5.38. The van der Waals surface area contributed by atoms with E-state index in [2.05, 4.69) is 15.5 Å². The fraction of sp³-hybridized carbons (Fsp3) is 0.333. The minimum Gasteiger partial charge on any atom is -0.300 e. The summed E-state index contributed by atoms with van der Waals surface area (Å²) < 4.78 is 0.555. The number of ketones is 1. The van der Waals surface area contributed by atoms with E-state index in [0.29, 0.717) is 15.0 Å². The van der Waals surface area contributed by atoms with Gasteiger partial charge in [-0.1, -0.05) is 43.9 Å². The summed E-state index contributed by atoms with van der Waals surface area (Å²) in [5, 5.41) is 21.5. The number of benzene rings is 1. The minimum absolute atomic E-state index is 0.0624. The highest BCUT2D eigenvalue weighted by molar-refractivity contribution is 8.01. The van der Waals surface area contributed by atoms with Gasteiger partial charge in [-0.3, -0.25) is 19.7 Å². The number of carbonyl (C=O) groups is 2. The van der Waals surface area contributed by atoms with Crippen molar-refractivity contribution in [1.82, 2.24) is 10.2 Å². The first-order chi connectivity index (χ1) is 11.7. The van der Waals surface area contributed by atoms with Gasteiger partial charge in [0, 0.05) is 23.1 Å². The first-order valence-electron chi connectivity index (χ1n) is 7.22. The maximum Gasteiger partial charge on any atom is 0.269 e. The normalized spacial score (nSPS) is 11.2. The lowest BCUT2D eigenvalue weighted by Gasteiger charge is -2.15. The predicted octanol–water partition coefficient (Wildman–Crippen LogP) is 3.41. The molecule has 0 bridgehead atoms. The van der Waals surface area contributed by atoms with E-state index < -0.39 is 10.3 Å². The Hall–Kier alpha value is -2.33. The second-order valence-corrected chi connectivity index (χ2v) is 8.29. The van der Waals surface area contributed by atoms with Gasteiger partial charge >= 0.3 is 0 Å². The Morgan fingerprint density at radius 1 is 1.24 bits per heavy atom. The molecule has 1 heterocycles. The average molecular weight is 380 g/mol. The number of hydrogen-bond donors (Lipinski definition) is 1. The molecule has 0 unspecified atom stereocenters. The summed E-state index contributed by atoms with van der Waals surface area (Å²) in [5.41, 5.74) is -0.207. The molecule has 0 aliphatic heterocycles. The zero-order valence-electron chi connectivity index (χ0n) is 13.8. The Kier molecular flexibility index (Phi) is 5.85. The van der Waals surface area contributed by atoms with Crippen molar-refractivity contribution in [3.8, 4) is 0 Å². The van der Waals surface area contributed by atoms with Crippen LogP contribution in [0, 0.1) is 15.5 Å². The fourth-order valence-corrected chi connectivity index (χ4v) is 3.22. The number of nitro benzene ring substituents is 1. The van der Waals surface area contributed by atoms with E-state index in [1.807, 2.05) is 0 Å². The molecule has 1 amide bonds. The maximum atomic E-state index is 12.1. The summed E-state index contributed by atoms with van der Waals surface area (Å²) >= 11 is 2.39. The first kappa shape index (κ1) is 19.0. The number of carbonyl (C=O) groups excluding carboxylic acids is 2. The molecule has 1 N–H and O–H groups in total. The lowest BCUT2D eigenvalue weighted by atomic mass is 9.96. The van der Waals surface area contributed by atoms with Gasteiger partial charge < -0.3 is 5.32 Å². The van der Waals surface area contributed by atoms with Crippen LogP contribution in [0.25, 0.3) is 0 Å². The van der Waals surface area contributed by atoms with Crippen LogP contribution in [0.4, 0.5) is 10.8 Å². The van der Waals surface area contributed by atoms with Crippen LogP contribution in [0.3, 0.4) is 0 Å². The quantitative estimate of drug-likeness (QED) is 0.268. The molecular weight excluding hydrogens is 364 g/mol. The van der Waals surface area contributed by atoms with Crippen molar-refractivity contribution in [2.75, 3.05) is 11.1 Å². The van der Waals surface area contributed by atoms with Gasteiger partial charge in [0.25, 0.3) is 5.69 Å². The number of rotatable bonds is 6. The number of nitrogens with zero attached hydrogens (tertiary/aromatic N) is 3. The van der Waals surface area contributed by atoms with Gasteiger partial charge in [-0.2, -0.15) is 0 Å². The third-order valence-corrected chi connectivity index (χ3v) is 5.01. The van der Waals surface area contributed by atoms with Gasteiger partial charge in [0.2, 0.25) is 11.0 Å². The molecule has 8 nitrogen and oxygen atoms in total. The minimum atomic E-state index is -0.537. The highest BCUT2D eigenvalue weighted by Gasteiger charge is 2.22. The zero-order chi connectivity index (χ0) is 18.6. The topological polar surface area (TPSA) is 115 Å². The molecule has 1 aromatic heterocycles. The molecule has 0 fully saturated rings. The smallest absolute Gasteiger partial charge is 0.269 e. The van der Waals surface area contributed by atoms with Crippen LogP contribution in [0.15, 0.2) is 28.6 Å². The molecule has 1 aromatic carbocycles. The lowest BCUT2D eigenvalue weighted by Crippen LogP contribution is -2.27. The van der Waals surface area contributed by atoms with Crippen LogP contribution in [0.2, 0.25) is 0 Å².